The normalized spacial score (nSPS) is 17.1. The topological polar surface area (TPSA) is 38.8 Å². The van der Waals surface area contributed by atoms with Gasteiger partial charge in [-0.1, -0.05) is 30.3 Å². The van der Waals surface area contributed by atoms with Gasteiger partial charge >= 0.3 is 0 Å². The van der Waals surface area contributed by atoms with Crippen molar-refractivity contribution in [2.24, 2.45) is 0 Å². The smallest absolute Gasteiger partial charge is 0.268 e. The van der Waals surface area contributed by atoms with Gasteiger partial charge in [0.05, 0.1) is 12.3 Å². The maximum Gasteiger partial charge on any atom is 0.268 e. The van der Waals surface area contributed by atoms with E-state index in [-0.39, 0.29) is 5.91 Å². The van der Waals surface area contributed by atoms with Crippen molar-refractivity contribution in [2.75, 3.05) is 18.6 Å². The molecular weight excluding hydrogens is 266 g/mol. The Hall–Kier alpha value is -2.49. The lowest BCUT2D eigenvalue weighted by molar-refractivity contribution is -0.126. The lowest BCUT2D eigenvalue weighted by atomic mass is 10.1. The van der Waals surface area contributed by atoms with Gasteiger partial charge in [0.2, 0.25) is 0 Å². The van der Waals surface area contributed by atoms with E-state index in [0.717, 1.165) is 17.2 Å². The number of fused-ring (bicyclic) bond motifs is 1. The molecule has 0 aliphatic carbocycles. The van der Waals surface area contributed by atoms with Crippen LogP contribution in [0.3, 0.4) is 0 Å². The minimum atomic E-state index is -0.492. The van der Waals surface area contributed by atoms with Crippen LogP contribution >= 0.6 is 0 Å². The summed E-state index contributed by atoms with van der Waals surface area (Å²) in [6.07, 6.45) is 0.0282. The molecule has 0 bridgehead atoms. The molecular formula is C17H17NO3. The zero-order valence-electron chi connectivity index (χ0n) is 11.9. The fourth-order valence-corrected chi connectivity index (χ4v) is 2.36. The lowest BCUT2D eigenvalue weighted by Crippen LogP contribution is -2.44. The van der Waals surface area contributed by atoms with Crippen molar-refractivity contribution in [2.45, 2.75) is 12.5 Å². The number of nitrogens with zero attached hydrogens (tertiary/aromatic N) is 1. The molecule has 0 aromatic heterocycles. The molecule has 1 aliphatic rings. The fourth-order valence-electron chi connectivity index (χ4n) is 2.36. The zero-order chi connectivity index (χ0) is 14.7. The van der Waals surface area contributed by atoms with Crippen LogP contribution in [0.25, 0.3) is 0 Å². The Balaban J connectivity index is 1.63. The van der Waals surface area contributed by atoms with Gasteiger partial charge in [-0.05, 0) is 24.3 Å². The Morgan fingerprint density at radius 2 is 1.81 bits per heavy atom. The Kier molecular flexibility index (Phi) is 3.77. The maximum absolute atomic E-state index is 12.3. The third-order valence-electron chi connectivity index (χ3n) is 3.49. The van der Waals surface area contributed by atoms with Gasteiger partial charge in [-0.2, -0.15) is 0 Å². The summed E-state index contributed by atoms with van der Waals surface area (Å²) in [6.45, 7) is 0.441. The summed E-state index contributed by atoms with van der Waals surface area (Å²) in [4.78, 5) is 13.9. The summed E-state index contributed by atoms with van der Waals surface area (Å²) in [5.74, 6) is 1.50. The van der Waals surface area contributed by atoms with Crippen LogP contribution < -0.4 is 14.4 Å². The van der Waals surface area contributed by atoms with Crippen LogP contribution in [-0.2, 0) is 4.79 Å². The Morgan fingerprint density at radius 3 is 2.62 bits per heavy atom. The highest BCUT2D eigenvalue weighted by molar-refractivity contribution is 5.99. The first-order valence-electron chi connectivity index (χ1n) is 6.97. The molecule has 1 aliphatic heterocycles. The van der Waals surface area contributed by atoms with Crippen molar-refractivity contribution < 1.29 is 14.3 Å². The lowest BCUT2D eigenvalue weighted by Gasteiger charge is -2.31. The van der Waals surface area contributed by atoms with Crippen molar-refractivity contribution in [3.63, 3.8) is 0 Å². The number of rotatable bonds is 4. The summed E-state index contributed by atoms with van der Waals surface area (Å²) in [5, 5.41) is 0. The molecule has 0 N–H and O–H groups in total. The van der Waals surface area contributed by atoms with Crippen LogP contribution in [0, 0.1) is 0 Å². The van der Waals surface area contributed by atoms with Crippen molar-refractivity contribution in [3.05, 3.63) is 54.6 Å². The third-order valence-corrected chi connectivity index (χ3v) is 3.49. The van der Waals surface area contributed by atoms with E-state index >= 15 is 0 Å². The molecule has 1 atom stereocenters. The van der Waals surface area contributed by atoms with Crippen LogP contribution in [0.5, 0.6) is 11.5 Å². The summed E-state index contributed by atoms with van der Waals surface area (Å²) >= 11 is 0. The number of para-hydroxylation sites is 3. The second kappa shape index (κ2) is 5.87. The first kappa shape index (κ1) is 13.5. The maximum atomic E-state index is 12.3. The highest BCUT2D eigenvalue weighted by Gasteiger charge is 2.31. The number of hydrogen-bond acceptors (Lipinski definition) is 3. The van der Waals surface area contributed by atoms with E-state index in [2.05, 4.69) is 0 Å². The molecule has 2 aromatic carbocycles. The van der Waals surface area contributed by atoms with E-state index in [4.69, 9.17) is 9.47 Å². The van der Waals surface area contributed by atoms with Crippen molar-refractivity contribution in [1.82, 2.24) is 0 Å². The monoisotopic (exact) mass is 283 g/mol. The number of benzene rings is 2. The number of amides is 1. The zero-order valence-corrected chi connectivity index (χ0v) is 11.9. The van der Waals surface area contributed by atoms with E-state index in [1.54, 1.807) is 11.9 Å². The standard InChI is InChI=1S/C17H17NO3/c1-18-14-9-5-6-10-15(14)21-16(17(18)19)11-12-20-13-7-3-2-4-8-13/h2-10,16H,11-12H2,1H3. The minimum absolute atomic E-state index is 0.0367. The van der Waals surface area contributed by atoms with Gasteiger partial charge in [-0.25, -0.2) is 0 Å². The first-order valence-corrected chi connectivity index (χ1v) is 6.97. The predicted octanol–water partition coefficient (Wildman–Crippen LogP) is 2.88. The fraction of sp³-hybridized carbons (Fsp3) is 0.235. The van der Waals surface area contributed by atoms with Crippen molar-refractivity contribution in [1.29, 1.82) is 0 Å². The average molecular weight is 283 g/mol. The second-order valence-electron chi connectivity index (χ2n) is 4.92. The molecule has 3 rings (SSSR count). The molecule has 4 nitrogen and oxygen atoms in total. The van der Waals surface area contributed by atoms with Gasteiger partial charge in [-0.15, -0.1) is 0 Å². The molecule has 21 heavy (non-hydrogen) atoms. The molecule has 2 aromatic rings. The molecule has 0 saturated heterocycles. The number of likely N-dealkylation sites (N-methyl/N-ethyl adjacent to an activating group) is 1. The van der Waals surface area contributed by atoms with E-state index in [9.17, 15) is 4.79 Å². The van der Waals surface area contributed by atoms with Crippen LogP contribution in [-0.4, -0.2) is 25.7 Å². The third kappa shape index (κ3) is 2.84. The van der Waals surface area contributed by atoms with Gasteiger partial charge < -0.3 is 14.4 Å². The van der Waals surface area contributed by atoms with Gasteiger partial charge in [0, 0.05) is 13.5 Å². The summed E-state index contributed by atoms with van der Waals surface area (Å²) < 4.78 is 11.4. The number of ether oxygens (including phenoxy) is 2. The van der Waals surface area contributed by atoms with E-state index < -0.39 is 6.10 Å². The van der Waals surface area contributed by atoms with Crippen molar-refractivity contribution in [3.8, 4) is 11.5 Å². The first-order chi connectivity index (χ1) is 10.3. The highest BCUT2D eigenvalue weighted by Crippen LogP contribution is 2.33. The number of hydrogen-bond donors (Lipinski definition) is 0. The van der Waals surface area contributed by atoms with Crippen LogP contribution in [0.4, 0.5) is 5.69 Å². The molecule has 1 heterocycles. The molecule has 1 amide bonds. The van der Waals surface area contributed by atoms with Gasteiger partial charge in [0.25, 0.3) is 5.91 Å². The Bertz CT molecular complexity index is 627. The van der Waals surface area contributed by atoms with E-state index in [1.807, 2.05) is 54.6 Å². The van der Waals surface area contributed by atoms with Crippen molar-refractivity contribution >= 4 is 11.6 Å². The Labute approximate surface area is 123 Å². The Morgan fingerprint density at radius 1 is 1.10 bits per heavy atom. The molecule has 1 unspecified atom stereocenters. The van der Waals surface area contributed by atoms with E-state index in [0.29, 0.717) is 13.0 Å². The number of carbonyl (C=O) groups excluding carboxylic acids is 1. The SMILES string of the molecule is CN1C(=O)C(CCOc2ccccc2)Oc2ccccc21. The summed E-state index contributed by atoms with van der Waals surface area (Å²) in [6, 6.07) is 17.1. The quantitative estimate of drug-likeness (QED) is 0.866. The molecule has 0 spiro atoms. The molecule has 0 saturated carbocycles. The highest BCUT2D eigenvalue weighted by atomic mass is 16.5. The average Bonchev–Trinajstić information content (AvgIpc) is 2.53. The summed E-state index contributed by atoms with van der Waals surface area (Å²) in [5.41, 5.74) is 0.808. The van der Waals surface area contributed by atoms with Crippen LogP contribution in [0.15, 0.2) is 54.6 Å². The second-order valence-corrected chi connectivity index (χ2v) is 4.92. The predicted molar refractivity (Wildman–Crippen MR) is 80.8 cm³/mol. The van der Waals surface area contributed by atoms with Gasteiger partial charge in [0.1, 0.15) is 11.5 Å². The van der Waals surface area contributed by atoms with Crippen LogP contribution in [0.1, 0.15) is 6.42 Å². The van der Waals surface area contributed by atoms with Gasteiger partial charge in [-0.3, -0.25) is 4.79 Å². The number of carbonyl (C=O) groups is 1. The minimum Gasteiger partial charge on any atom is -0.493 e. The largest absolute Gasteiger partial charge is 0.493 e. The van der Waals surface area contributed by atoms with E-state index in [1.165, 1.54) is 0 Å². The molecule has 4 heteroatoms. The van der Waals surface area contributed by atoms with Gasteiger partial charge in [0.15, 0.2) is 6.10 Å². The van der Waals surface area contributed by atoms with Crippen LogP contribution in [0.2, 0.25) is 0 Å². The summed E-state index contributed by atoms with van der Waals surface area (Å²) in [7, 11) is 1.77. The molecule has 0 radical (unpaired) electrons. The molecule has 108 valence electrons. The number of anilines is 1. The molecule has 0 fully saturated rings.